The Bertz CT molecular complexity index is 778. The molecule has 0 aliphatic carbocycles. The first-order valence-electron chi connectivity index (χ1n) is 5.65. The van der Waals surface area contributed by atoms with Gasteiger partial charge in [0.1, 0.15) is 5.75 Å². The molecule has 0 amide bonds. The van der Waals surface area contributed by atoms with Gasteiger partial charge in [-0.05, 0) is 24.3 Å². The molecule has 2 aromatic rings. The normalized spacial score (nSPS) is 11.2. The maximum Gasteiger partial charge on any atom is 0.262 e. The first-order chi connectivity index (χ1) is 9.85. The zero-order valence-electron chi connectivity index (χ0n) is 10.7. The van der Waals surface area contributed by atoms with Gasteiger partial charge in [-0.2, -0.15) is 0 Å². The molecule has 2 aromatic carbocycles. The van der Waals surface area contributed by atoms with Crippen molar-refractivity contribution in [3.05, 3.63) is 53.8 Å². The number of methoxy groups -OCH3 is 1. The molecule has 0 saturated heterocycles. The standard InChI is InChI=1S/C13H10F3NO3S/c1-20-8-3-2-4-9(7-8)21(18,19)17-11-6-5-10(14)12(15)13(11)16/h2-7,17H,1H3. The van der Waals surface area contributed by atoms with Gasteiger partial charge in [-0.25, -0.2) is 21.6 Å². The second-order valence-corrected chi connectivity index (χ2v) is 5.69. The molecular formula is C13H10F3NO3S. The minimum atomic E-state index is -4.16. The van der Waals surface area contributed by atoms with Gasteiger partial charge >= 0.3 is 0 Å². The van der Waals surface area contributed by atoms with E-state index in [1.54, 1.807) is 0 Å². The Balaban J connectivity index is 2.40. The van der Waals surface area contributed by atoms with E-state index in [2.05, 4.69) is 0 Å². The van der Waals surface area contributed by atoms with Crippen molar-refractivity contribution in [3.8, 4) is 5.75 Å². The van der Waals surface area contributed by atoms with Crippen LogP contribution in [0, 0.1) is 17.5 Å². The predicted molar refractivity (Wildman–Crippen MR) is 70.1 cm³/mol. The third kappa shape index (κ3) is 3.10. The van der Waals surface area contributed by atoms with Crippen LogP contribution in [0.5, 0.6) is 5.75 Å². The minimum Gasteiger partial charge on any atom is -0.497 e. The summed E-state index contributed by atoms with van der Waals surface area (Å²) >= 11 is 0. The Kier molecular flexibility index (Phi) is 4.08. The van der Waals surface area contributed by atoms with E-state index < -0.39 is 33.2 Å². The lowest BCUT2D eigenvalue weighted by molar-refractivity contribution is 0.413. The molecule has 0 atom stereocenters. The second kappa shape index (κ2) is 5.65. The summed E-state index contributed by atoms with van der Waals surface area (Å²) < 4.78 is 70.3. The highest BCUT2D eigenvalue weighted by atomic mass is 32.2. The highest BCUT2D eigenvalue weighted by Crippen LogP contribution is 2.24. The average Bonchev–Trinajstić information content (AvgIpc) is 2.48. The molecular weight excluding hydrogens is 307 g/mol. The summed E-state index contributed by atoms with van der Waals surface area (Å²) in [5.41, 5.74) is -0.684. The third-order valence-electron chi connectivity index (χ3n) is 2.63. The zero-order valence-corrected chi connectivity index (χ0v) is 11.5. The van der Waals surface area contributed by atoms with Gasteiger partial charge in [0.05, 0.1) is 17.7 Å². The van der Waals surface area contributed by atoms with Gasteiger partial charge in [-0.15, -0.1) is 0 Å². The Morgan fingerprint density at radius 3 is 2.43 bits per heavy atom. The molecule has 4 nitrogen and oxygen atoms in total. The van der Waals surface area contributed by atoms with Crippen LogP contribution in [0.4, 0.5) is 18.9 Å². The molecule has 0 aliphatic rings. The number of ether oxygens (including phenoxy) is 1. The van der Waals surface area contributed by atoms with Gasteiger partial charge in [0.2, 0.25) is 0 Å². The van der Waals surface area contributed by atoms with Gasteiger partial charge in [-0.1, -0.05) is 6.07 Å². The van der Waals surface area contributed by atoms with Crippen molar-refractivity contribution in [3.63, 3.8) is 0 Å². The number of rotatable bonds is 4. The summed E-state index contributed by atoms with van der Waals surface area (Å²) in [5.74, 6) is -4.48. The van der Waals surface area contributed by atoms with Gasteiger partial charge in [-0.3, -0.25) is 4.72 Å². The summed E-state index contributed by atoms with van der Waals surface area (Å²) in [5, 5.41) is 0. The molecule has 0 saturated carbocycles. The molecule has 112 valence electrons. The fourth-order valence-electron chi connectivity index (χ4n) is 1.58. The van der Waals surface area contributed by atoms with Crippen molar-refractivity contribution in [2.45, 2.75) is 4.90 Å². The fourth-order valence-corrected chi connectivity index (χ4v) is 2.67. The third-order valence-corrected chi connectivity index (χ3v) is 3.99. The Morgan fingerprint density at radius 2 is 1.76 bits per heavy atom. The number of anilines is 1. The molecule has 0 unspecified atom stereocenters. The molecule has 0 fully saturated rings. The Labute approximate surface area is 119 Å². The molecule has 0 radical (unpaired) electrons. The highest BCUT2D eigenvalue weighted by molar-refractivity contribution is 7.92. The van der Waals surface area contributed by atoms with Crippen molar-refractivity contribution < 1.29 is 26.3 Å². The molecule has 21 heavy (non-hydrogen) atoms. The maximum absolute atomic E-state index is 13.5. The average molecular weight is 317 g/mol. The first kappa shape index (κ1) is 15.2. The van der Waals surface area contributed by atoms with Crippen LogP contribution in [-0.2, 0) is 10.0 Å². The van der Waals surface area contributed by atoms with Crippen molar-refractivity contribution in [1.29, 1.82) is 0 Å². The van der Waals surface area contributed by atoms with Gasteiger partial charge in [0.15, 0.2) is 17.5 Å². The number of benzene rings is 2. The monoisotopic (exact) mass is 317 g/mol. The van der Waals surface area contributed by atoms with Gasteiger partial charge in [0, 0.05) is 6.07 Å². The van der Waals surface area contributed by atoms with Crippen LogP contribution in [0.25, 0.3) is 0 Å². The number of hydrogen-bond donors (Lipinski definition) is 1. The number of sulfonamides is 1. The molecule has 0 aliphatic heterocycles. The van der Waals surface area contributed by atoms with E-state index in [1.807, 2.05) is 4.72 Å². The van der Waals surface area contributed by atoms with Crippen molar-refractivity contribution in [1.82, 2.24) is 0 Å². The van der Waals surface area contributed by atoms with E-state index in [-0.39, 0.29) is 10.6 Å². The van der Waals surface area contributed by atoms with Gasteiger partial charge in [0.25, 0.3) is 10.0 Å². The molecule has 1 N–H and O–H groups in total. The Morgan fingerprint density at radius 1 is 1.05 bits per heavy atom. The molecule has 0 aromatic heterocycles. The molecule has 8 heteroatoms. The second-order valence-electron chi connectivity index (χ2n) is 4.01. The summed E-state index contributed by atoms with van der Waals surface area (Å²) in [6, 6.07) is 6.84. The van der Waals surface area contributed by atoms with Crippen molar-refractivity contribution >= 4 is 15.7 Å². The van der Waals surface area contributed by atoms with Gasteiger partial charge < -0.3 is 4.74 Å². The Hall–Kier alpha value is -2.22. The maximum atomic E-state index is 13.5. The van der Waals surface area contributed by atoms with E-state index in [0.717, 1.165) is 6.07 Å². The lowest BCUT2D eigenvalue weighted by Gasteiger charge is -2.10. The summed E-state index contributed by atoms with van der Waals surface area (Å²) in [6.45, 7) is 0. The largest absolute Gasteiger partial charge is 0.497 e. The number of nitrogens with one attached hydrogen (secondary N) is 1. The summed E-state index contributed by atoms with van der Waals surface area (Å²) in [6.07, 6.45) is 0. The quantitative estimate of drug-likeness (QED) is 0.882. The van der Waals surface area contributed by atoms with Crippen LogP contribution < -0.4 is 9.46 Å². The summed E-state index contributed by atoms with van der Waals surface area (Å²) in [4.78, 5) is -0.203. The van der Waals surface area contributed by atoms with Crippen molar-refractivity contribution in [2.75, 3.05) is 11.8 Å². The van der Waals surface area contributed by atoms with Crippen LogP contribution in [0.1, 0.15) is 0 Å². The number of hydrogen-bond acceptors (Lipinski definition) is 3. The molecule has 0 spiro atoms. The van der Waals surface area contributed by atoms with E-state index in [9.17, 15) is 21.6 Å². The van der Waals surface area contributed by atoms with Crippen LogP contribution in [0.2, 0.25) is 0 Å². The van der Waals surface area contributed by atoms with Crippen molar-refractivity contribution in [2.24, 2.45) is 0 Å². The van der Waals surface area contributed by atoms with E-state index in [1.165, 1.54) is 31.4 Å². The zero-order chi connectivity index (χ0) is 15.6. The smallest absolute Gasteiger partial charge is 0.262 e. The molecule has 0 heterocycles. The topological polar surface area (TPSA) is 55.4 Å². The number of halogens is 3. The lowest BCUT2D eigenvalue weighted by Crippen LogP contribution is -2.14. The highest BCUT2D eigenvalue weighted by Gasteiger charge is 2.20. The van der Waals surface area contributed by atoms with Crippen LogP contribution in [0.3, 0.4) is 0 Å². The van der Waals surface area contributed by atoms with E-state index in [4.69, 9.17) is 4.74 Å². The first-order valence-corrected chi connectivity index (χ1v) is 7.14. The van der Waals surface area contributed by atoms with Crippen LogP contribution in [0.15, 0.2) is 41.3 Å². The predicted octanol–water partition coefficient (Wildman–Crippen LogP) is 2.91. The van der Waals surface area contributed by atoms with E-state index >= 15 is 0 Å². The molecule has 2 rings (SSSR count). The van der Waals surface area contributed by atoms with Crippen LogP contribution in [-0.4, -0.2) is 15.5 Å². The lowest BCUT2D eigenvalue weighted by atomic mass is 10.3. The van der Waals surface area contributed by atoms with E-state index in [0.29, 0.717) is 6.07 Å². The minimum absolute atomic E-state index is 0.203. The summed E-state index contributed by atoms with van der Waals surface area (Å²) in [7, 11) is -2.80. The van der Waals surface area contributed by atoms with Crippen LogP contribution >= 0.6 is 0 Å². The fraction of sp³-hybridized carbons (Fsp3) is 0.0769. The molecule has 0 bridgehead atoms. The SMILES string of the molecule is COc1cccc(S(=O)(=O)Nc2ccc(F)c(F)c2F)c1.